The Hall–Kier alpha value is -1.26. The molecule has 2 unspecified atom stereocenters. The topological polar surface area (TPSA) is 49.8 Å². The second-order valence-corrected chi connectivity index (χ2v) is 8.65. The zero-order chi connectivity index (χ0) is 17.7. The Balaban J connectivity index is 1.82. The number of benzene rings is 1. The fourth-order valence-corrected chi connectivity index (χ4v) is 4.39. The number of likely N-dealkylation sites (tertiary alicyclic amines) is 1. The molecule has 132 valence electrons. The van der Waals surface area contributed by atoms with Gasteiger partial charge in [-0.05, 0) is 70.2 Å². The van der Waals surface area contributed by atoms with E-state index >= 15 is 0 Å². The fraction of sp³-hybridized carbons (Fsp3) is 0.632. The molecule has 24 heavy (non-hydrogen) atoms. The SMILES string of the molecule is C[C@H]1CC2(CCN1C(=O)OC(C)(C)C)CC(O)c1ccc(Cl)cc12. The van der Waals surface area contributed by atoms with Gasteiger partial charge < -0.3 is 14.7 Å². The predicted molar refractivity (Wildman–Crippen MR) is 94.3 cm³/mol. The van der Waals surface area contributed by atoms with E-state index in [9.17, 15) is 9.90 Å². The molecule has 1 fully saturated rings. The minimum Gasteiger partial charge on any atom is -0.444 e. The number of rotatable bonds is 0. The first-order valence-electron chi connectivity index (χ1n) is 8.59. The molecule has 1 aliphatic heterocycles. The summed E-state index contributed by atoms with van der Waals surface area (Å²) < 4.78 is 5.52. The van der Waals surface area contributed by atoms with Crippen LogP contribution in [0.2, 0.25) is 5.02 Å². The van der Waals surface area contributed by atoms with Gasteiger partial charge in [0.05, 0.1) is 6.10 Å². The molecule has 3 atom stereocenters. The molecule has 5 heteroatoms. The number of aliphatic hydroxyl groups excluding tert-OH is 1. The highest BCUT2D eigenvalue weighted by atomic mass is 35.5. The van der Waals surface area contributed by atoms with Gasteiger partial charge in [-0.3, -0.25) is 0 Å². The number of hydrogen-bond acceptors (Lipinski definition) is 3. The Labute approximate surface area is 148 Å². The van der Waals surface area contributed by atoms with Crippen LogP contribution in [0.15, 0.2) is 18.2 Å². The summed E-state index contributed by atoms with van der Waals surface area (Å²) in [4.78, 5) is 14.2. The van der Waals surface area contributed by atoms with E-state index in [-0.39, 0.29) is 17.6 Å². The van der Waals surface area contributed by atoms with E-state index in [0.717, 1.165) is 24.0 Å². The van der Waals surface area contributed by atoms with Gasteiger partial charge in [-0.1, -0.05) is 17.7 Å². The summed E-state index contributed by atoms with van der Waals surface area (Å²) in [5.41, 5.74) is 1.54. The van der Waals surface area contributed by atoms with Gasteiger partial charge in [-0.25, -0.2) is 4.79 Å². The average molecular weight is 352 g/mol. The van der Waals surface area contributed by atoms with Gasteiger partial charge in [0.1, 0.15) is 5.60 Å². The highest BCUT2D eigenvalue weighted by Gasteiger charge is 2.48. The van der Waals surface area contributed by atoms with Crippen LogP contribution in [0.5, 0.6) is 0 Å². The van der Waals surface area contributed by atoms with Crippen LogP contribution in [0.4, 0.5) is 4.79 Å². The summed E-state index contributed by atoms with van der Waals surface area (Å²) in [7, 11) is 0. The van der Waals surface area contributed by atoms with E-state index in [0.29, 0.717) is 18.0 Å². The number of piperidine rings is 1. The van der Waals surface area contributed by atoms with Crippen molar-refractivity contribution < 1.29 is 14.6 Å². The molecule has 4 nitrogen and oxygen atoms in total. The number of carbonyl (C=O) groups excluding carboxylic acids is 1. The van der Waals surface area contributed by atoms with Crippen molar-refractivity contribution in [3.63, 3.8) is 0 Å². The third-order valence-corrected chi connectivity index (χ3v) is 5.44. The van der Waals surface area contributed by atoms with Crippen LogP contribution >= 0.6 is 11.6 Å². The number of amides is 1. The lowest BCUT2D eigenvalue weighted by molar-refractivity contribution is 0.00176. The zero-order valence-corrected chi connectivity index (χ0v) is 15.6. The summed E-state index contributed by atoms with van der Waals surface area (Å²) in [6.07, 6.45) is 1.64. The van der Waals surface area contributed by atoms with Crippen molar-refractivity contribution in [2.45, 2.75) is 70.1 Å². The maximum absolute atomic E-state index is 12.4. The molecule has 3 rings (SSSR count). The molecular formula is C19H26ClNO3. The Morgan fingerprint density at radius 2 is 2.08 bits per heavy atom. The fourth-order valence-electron chi connectivity index (χ4n) is 4.22. The van der Waals surface area contributed by atoms with E-state index in [1.54, 1.807) is 0 Å². The summed E-state index contributed by atoms with van der Waals surface area (Å²) in [5.74, 6) is 0. The standard InChI is InChI=1S/C19H26ClNO3/c1-12-10-19(7-8-21(12)17(23)24-18(2,3)4)11-16(22)14-6-5-13(20)9-15(14)19/h5-6,9,12,16,22H,7-8,10-11H2,1-4H3/t12-,16?,19?/m0/s1. The van der Waals surface area contributed by atoms with Gasteiger partial charge >= 0.3 is 6.09 Å². The van der Waals surface area contributed by atoms with Crippen LogP contribution in [0.25, 0.3) is 0 Å². The second-order valence-electron chi connectivity index (χ2n) is 8.21. The van der Waals surface area contributed by atoms with Gasteiger partial charge in [-0.15, -0.1) is 0 Å². The van der Waals surface area contributed by atoms with Crippen LogP contribution in [-0.2, 0) is 10.2 Å². The molecule has 0 bridgehead atoms. The zero-order valence-electron chi connectivity index (χ0n) is 14.8. The molecule has 1 aliphatic carbocycles. The first-order valence-corrected chi connectivity index (χ1v) is 8.97. The van der Waals surface area contributed by atoms with E-state index in [1.165, 1.54) is 0 Å². The monoisotopic (exact) mass is 351 g/mol. The summed E-state index contributed by atoms with van der Waals surface area (Å²) in [5, 5.41) is 11.2. The molecule has 1 saturated heterocycles. The third kappa shape index (κ3) is 3.14. The number of ether oxygens (including phenoxy) is 1. The van der Waals surface area contributed by atoms with Gasteiger partial charge in [0.15, 0.2) is 0 Å². The van der Waals surface area contributed by atoms with Gasteiger partial charge in [0.25, 0.3) is 0 Å². The molecule has 0 aromatic heterocycles. The molecule has 1 heterocycles. The first kappa shape index (κ1) is 17.6. The lowest BCUT2D eigenvalue weighted by atomic mass is 9.71. The second kappa shape index (κ2) is 5.92. The van der Waals surface area contributed by atoms with Crippen molar-refractivity contribution in [3.8, 4) is 0 Å². The van der Waals surface area contributed by atoms with Crippen molar-refractivity contribution >= 4 is 17.7 Å². The molecule has 0 radical (unpaired) electrons. The quantitative estimate of drug-likeness (QED) is 0.752. The minimum absolute atomic E-state index is 0.0609. The molecule has 1 amide bonds. The molecule has 2 aliphatic rings. The Morgan fingerprint density at radius 3 is 2.71 bits per heavy atom. The van der Waals surface area contributed by atoms with Crippen molar-refractivity contribution in [1.82, 2.24) is 4.90 Å². The van der Waals surface area contributed by atoms with Crippen molar-refractivity contribution in [3.05, 3.63) is 34.3 Å². The molecule has 0 saturated carbocycles. The average Bonchev–Trinajstić information content (AvgIpc) is 2.69. The molecular weight excluding hydrogens is 326 g/mol. The lowest BCUT2D eigenvalue weighted by Crippen LogP contribution is -2.51. The summed E-state index contributed by atoms with van der Waals surface area (Å²) in [6, 6.07) is 5.82. The van der Waals surface area contributed by atoms with Crippen molar-refractivity contribution in [2.24, 2.45) is 0 Å². The number of carbonyl (C=O) groups is 1. The summed E-state index contributed by atoms with van der Waals surface area (Å²) >= 11 is 6.20. The van der Waals surface area contributed by atoms with E-state index in [4.69, 9.17) is 16.3 Å². The smallest absolute Gasteiger partial charge is 0.410 e. The normalized spacial score (nSPS) is 29.7. The van der Waals surface area contributed by atoms with Crippen LogP contribution < -0.4 is 0 Å². The third-order valence-electron chi connectivity index (χ3n) is 5.21. The molecule has 1 aromatic carbocycles. The number of halogens is 1. The largest absolute Gasteiger partial charge is 0.444 e. The highest BCUT2D eigenvalue weighted by molar-refractivity contribution is 6.30. The molecule has 1 spiro atoms. The molecule has 1 N–H and O–H groups in total. The van der Waals surface area contributed by atoms with Crippen molar-refractivity contribution in [2.75, 3.05) is 6.54 Å². The van der Waals surface area contributed by atoms with Crippen LogP contribution in [-0.4, -0.2) is 34.3 Å². The minimum atomic E-state index is -0.490. The van der Waals surface area contributed by atoms with E-state index in [1.807, 2.05) is 43.9 Å². The van der Waals surface area contributed by atoms with Crippen LogP contribution in [0, 0.1) is 0 Å². The number of hydrogen-bond donors (Lipinski definition) is 1. The van der Waals surface area contributed by atoms with Crippen LogP contribution in [0.3, 0.4) is 0 Å². The highest BCUT2D eigenvalue weighted by Crippen LogP contribution is 2.52. The molecule has 1 aromatic rings. The number of fused-ring (bicyclic) bond motifs is 2. The van der Waals surface area contributed by atoms with Crippen LogP contribution in [0.1, 0.15) is 64.2 Å². The Kier molecular flexibility index (Phi) is 4.33. The van der Waals surface area contributed by atoms with E-state index < -0.39 is 11.7 Å². The maximum Gasteiger partial charge on any atom is 0.410 e. The maximum atomic E-state index is 12.4. The van der Waals surface area contributed by atoms with Crippen molar-refractivity contribution in [1.29, 1.82) is 0 Å². The Bertz CT molecular complexity index is 655. The van der Waals surface area contributed by atoms with E-state index in [2.05, 4.69) is 6.92 Å². The van der Waals surface area contributed by atoms with Gasteiger partial charge in [0.2, 0.25) is 0 Å². The van der Waals surface area contributed by atoms with Gasteiger partial charge in [0, 0.05) is 23.0 Å². The number of nitrogens with zero attached hydrogens (tertiary/aromatic N) is 1. The predicted octanol–water partition coefficient (Wildman–Crippen LogP) is 4.43. The lowest BCUT2D eigenvalue weighted by Gasteiger charge is -2.44. The summed E-state index contributed by atoms with van der Waals surface area (Å²) in [6.45, 7) is 8.33. The number of aliphatic hydroxyl groups is 1. The first-order chi connectivity index (χ1) is 11.1. The van der Waals surface area contributed by atoms with Gasteiger partial charge in [-0.2, -0.15) is 0 Å². The Morgan fingerprint density at radius 1 is 1.38 bits per heavy atom.